The van der Waals surface area contributed by atoms with E-state index in [1.54, 1.807) is 0 Å². The monoisotopic (exact) mass is 361 g/mol. The average Bonchev–Trinajstić information content (AvgIpc) is 2.69. The van der Waals surface area contributed by atoms with Gasteiger partial charge in [0, 0.05) is 17.5 Å². The fourth-order valence-corrected chi connectivity index (χ4v) is 3.40. The third-order valence-corrected chi connectivity index (χ3v) is 4.86. The summed E-state index contributed by atoms with van der Waals surface area (Å²) in [5, 5.41) is 7.30. The normalized spacial score (nSPS) is 12.1. The van der Waals surface area contributed by atoms with Gasteiger partial charge in [-0.3, -0.25) is 4.79 Å². The Hall–Kier alpha value is -2.72. The Morgan fingerprint density at radius 2 is 1.74 bits per heavy atom. The van der Waals surface area contributed by atoms with Gasteiger partial charge in [-0.25, -0.2) is 4.98 Å². The molecule has 27 heavy (non-hydrogen) atoms. The molecule has 0 radical (unpaired) electrons. The first kappa shape index (κ1) is 19.1. The van der Waals surface area contributed by atoms with Crippen LogP contribution in [0.2, 0.25) is 0 Å². The molecule has 4 heteroatoms. The number of nitrogens with zero attached hydrogens (tertiary/aromatic N) is 1. The van der Waals surface area contributed by atoms with Crippen LogP contribution in [0.3, 0.4) is 0 Å². The van der Waals surface area contributed by atoms with Crippen molar-refractivity contribution in [3.8, 4) is 11.3 Å². The predicted octanol–water partition coefficient (Wildman–Crippen LogP) is 3.72. The molecule has 0 saturated carbocycles. The second-order valence-corrected chi connectivity index (χ2v) is 7.09. The summed E-state index contributed by atoms with van der Waals surface area (Å²) in [6.45, 7) is 5.75. The molecule has 1 amide bonds. The summed E-state index contributed by atoms with van der Waals surface area (Å²) in [6, 6.07) is 18.2. The number of aryl methyl sites for hydroxylation is 1. The molecule has 4 nitrogen and oxygen atoms in total. The van der Waals surface area contributed by atoms with Crippen LogP contribution in [0.15, 0.2) is 54.6 Å². The number of rotatable bonds is 7. The van der Waals surface area contributed by atoms with Crippen LogP contribution in [0.4, 0.5) is 0 Å². The summed E-state index contributed by atoms with van der Waals surface area (Å²) in [6.07, 6.45) is 0.334. The molecule has 0 saturated heterocycles. The smallest absolute Gasteiger partial charge is 0.224 e. The van der Waals surface area contributed by atoms with Crippen LogP contribution in [-0.2, 0) is 11.2 Å². The molecule has 0 aliphatic rings. The van der Waals surface area contributed by atoms with E-state index in [1.165, 1.54) is 0 Å². The zero-order valence-electron chi connectivity index (χ0n) is 16.3. The largest absolute Gasteiger partial charge is 0.355 e. The highest BCUT2D eigenvalue weighted by molar-refractivity contribution is 5.90. The van der Waals surface area contributed by atoms with Crippen molar-refractivity contribution in [2.45, 2.75) is 20.3 Å². The minimum absolute atomic E-state index is 0.0373. The van der Waals surface area contributed by atoms with Crippen LogP contribution in [0.1, 0.15) is 18.1 Å². The molecule has 0 spiro atoms. The van der Waals surface area contributed by atoms with Gasteiger partial charge >= 0.3 is 0 Å². The van der Waals surface area contributed by atoms with E-state index >= 15 is 0 Å². The maximum atomic E-state index is 12.6. The molecule has 0 fully saturated rings. The van der Waals surface area contributed by atoms with Crippen LogP contribution in [0.25, 0.3) is 22.2 Å². The van der Waals surface area contributed by atoms with Gasteiger partial charge < -0.3 is 10.6 Å². The quantitative estimate of drug-likeness (QED) is 0.674. The maximum absolute atomic E-state index is 12.6. The molecule has 0 unspecified atom stereocenters. The fourth-order valence-electron chi connectivity index (χ4n) is 3.40. The van der Waals surface area contributed by atoms with Crippen LogP contribution in [0.5, 0.6) is 0 Å². The van der Waals surface area contributed by atoms with Crippen molar-refractivity contribution in [1.82, 2.24) is 15.6 Å². The van der Waals surface area contributed by atoms with Gasteiger partial charge in [0.1, 0.15) is 0 Å². The highest BCUT2D eigenvalue weighted by Gasteiger charge is 2.17. The van der Waals surface area contributed by atoms with Crippen LogP contribution in [-0.4, -0.2) is 31.0 Å². The van der Waals surface area contributed by atoms with Crippen molar-refractivity contribution in [1.29, 1.82) is 0 Å². The van der Waals surface area contributed by atoms with E-state index in [1.807, 2.05) is 55.6 Å². The van der Waals surface area contributed by atoms with E-state index < -0.39 is 0 Å². The second-order valence-electron chi connectivity index (χ2n) is 7.09. The third kappa shape index (κ3) is 4.52. The van der Waals surface area contributed by atoms with Gasteiger partial charge in [-0.2, -0.15) is 0 Å². The van der Waals surface area contributed by atoms with Crippen molar-refractivity contribution in [3.63, 3.8) is 0 Å². The number of amides is 1. The summed E-state index contributed by atoms with van der Waals surface area (Å²) < 4.78 is 0. The minimum atomic E-state index is 0.0373. The molecule has 0 bridgehead atoms. The van der Waals surface area contributed by atoms with Gasteiger partial charge in [-0.1, -0.05) is 55.5 Å². The Kier molecular flexibility index (Phi) is 6.20. The maximum Gasteiger partial charge on any atom is 0.224 e. The molecular formula is C23H27N3O. The van der Waals surface area contributed by atoms with Crippen LogP contribution in [0, 0.1) is 12.8 Å². The molecule has 3 rings (SSSR count). The van der Waals surface area contributed by atoms with Crippen LogP contribution >= 0.6 is 0 Å². The van der Waals surface area contributed by atoms with E-state index in [9.17, 15) is 4.79 Å². The van der Waals surface area contributed by atoms with Crippen LogP contribution < -0.4 is 10.6 Å². The Balaban J connectivity index is 1.95. The van der Waals surface area contributed by atoms with E-state index in [4.69, 9.17) is 4.98 Å². The lowest BCUT2D eigenvalue weighted by molar-refractivity contribution is -0.120. The number of aromatic nitrogens is 1. The lowest BCUT2D eigenvalue weighted by Crippen LogP contribution is -2.33. The van der Waals surface area contributed by atoms with E-state index in [0.29, 0.717) is 18.9 Å². The van der Waals surface area contributed by atoms with Gasteiger partial charge in [-0.05, 0) is 43.6 Å². The predicted molar refractivity (Wildman–Crippen MR) is 112 cm³/mol. The van der Waals surface area contributed by atoms with Gasteiger partial charge in [-0.15, -0.1) is 0 Å². The second kappa shape index (κ2) is 8.78. The number of nitrogens with one attached hydrogen (secondary N) is 2. The standard InChI is InChI=1S/C23H27N3O/c1-16(14-24-3)15-25-22(27)13-20-17(2)19-11-7-8-12-21(19)26-23(20)18-9-5-4-6-10-18/h4-12,16,24H,13-15H2,1-3H3,(H,25,27)/t16-/m0/s1. The molecular weight excluding hydrogens is 334 g/mol. The molecule has 1 heterocycles. The van der Waals surface area contributed by atoms with Gasteiger partial charge in [0.2, 0.25) is 5.91 Å². The summed E-state index contributed by atoms with van der Waals surface area (Å²) in [5.74, 6) is 0.429. The Morgan fingerprint density at radius 1 is 1.04 bits per heavy atom. The number of pyridine rings is 1. The first-order valence-electron chi connectivity index (χ1n) is 9.45. The summed E-state index contributed by atoms with van der Waals surface area (Å²) >= 11 is 0. The first-order chi connectivity index (χ1) is 13.1. The van der Waals surface area contributed by atoms with Crippen molar-refractivity contribution >= 4 is 16.8 Å². The van der Waals surface area contributed by atoms with E-state index in [2.05, 4.69) is 30.5 Å². The lowest BCUT2D eigenvalue weighted by Gasteiger charge is -2.16. The zero-order valence-corrected chi connectivity index (χ0v) is 16.3. The molecule has 0 aliphatic carbocycles. The lowest BCUT2D eigenvalue weighted by atomic mass is 9.95. The number of para-hydroxylation sites is 1. The van der Waals surface area contributed by atoms with Gasteiger partial charge in [0.15, 0.2) is 0 Å². The number of benzene rings is 2. The van der Waals surface area contributed by atoms with Gasteiger partial charge in [0.25, 0.3) is 0 Å². The fraction of sp³-hybridized carbons (Fsp3) is 0.304. The SMILES string of the molecule is CNC[C@H](C)CNC(=O)Cc1c(-c2ccccc2)nc2ccccc2c1C. The van der Waals surface area contributed by atoms with Crippen molar-refractivity contribution < 1.29 is 4.79 Å². The Morgan fingerprint density at radius 3 is 2.48 bits per heavy atom. The molecule has 2 N–H and O–H groups in total. The first-order valence-corrected chi connectivity index (χ1v) is 9.45. The highest BCUT2D eigenvalue weighted by atomic mass is 16.1. The molecule has 140 valence electrons. The number of carbonyl (C=O) groups is 1. The molecule has 1 atom stereocenters. The topological polar surface area (TPSA) is 54.0 Å². The average molecular weight is 361 g/mol. The Labute approximate surface area is 161 Å². The molecule has 3 aromatic rings. The molecule has 1 aromatic heterocycles. The summed E-state index contributed by atoms with van der Waals surface area (Å²) in [4.78, 5) is 17.5. The third-order valence-electron chi connectivity index (χ3n) is 4.86. The number of hydrogen-bond donors (Lipinski definition) is 2. The summed E-state index contributed by atoms with van der Waals surface area (Å²) in [5.41, 5.74) is 5.01. The number of carbonyl (C=O) groups excluding carboxylic acids is 1. The number of fused-ring (bicyclic) bond motifs is 1. The summed E-state index contributed by atoms with van der Waals surface area (Å²) in [7, 11) is 1.93. The zero-order chi connectivity index (χ0) is 19.2. The van der Waals surface area contributed by atoms with E-state index in [0.717, 1.165) is 39.8 Å². The van der Waals surface area contributed by atoms with Crippen molar-refractivity contribution in [2.24, 2.45) is 5.92 Å². The molecule has 2 aromatic carbocycles. The van der Waals surface area contributed by atoms with Gasteiger partial charge in [0.05, 0.1) is 17.6 Å². The van der Waals surface area contributed by atoms with E-state index in [-0.39, 0.29) is 5.91 Å². The Bertz CT molecular complexity index is 922. The highest BCUT2D eigenvalue weighted by Crippen LogP contribution is 2.30. The molecule has 0 aliphatic heterocycles. The minimum Gasteiger partial charge on any atom is -0.355 e. The number of hydrogen-bond acceptors (Lipinski definition) is 3. The van der Waals surface area contributed by atoms with Crippen molar-refractivity contribution in [3.05, 3.63) is 65.7 Å². The van der Waals surface area contributed by atoms with Crippen molar-refractivity contribution in [2.75, 3.05) is 20.1 Å².